The van der Waals surface area contributed by atoms with E-state index in [-0.39, 0.29) is 5.91 Å². The molecule has 0 saturated heterocycles. The molecule has 0 aliphatic rings. The zero-order valence-electron chi connectivity index (χ0n) is 9.91. The number of carbonyl (C=O) groups is 1. The van der Waals surface area contributed by atoms with Crippen molar-refractivity contribution in [2.45, 2.75) is 6.54 Å². The first kappa shape index (κ1) is 11.7. The fourth-order valence-electron chi connectivity index (χ4n) is 1.77. The van der Waals surface area contributed by atoms with Crippen LogP contribution in [0.2, 0.25) is 0 Å². The van der Waals surface area contributed by atoms with E-state index in [0.717, 1.165) is 22.8 Å². The number of benzene rings is 1. The second-order valence-electron chi connectivity index (χ2n) is 3.98. The van der Waals surface area contributed by atoms with E-state index in [0.29, 0.717) is 17.6 Å². The lowest BCUT2D eigenvalue weighted by Crippen LogP contribution is -2.23. The summed E-state index contributed by atoms with van der Waals surface area (Å²) >= 11 is 1.11. The number of carbonyl (C=O) groups excluding carboxylic acids is 1. The Hall–Kier alpha value is -2.34. The Balaban J connectivity index is 1.79. The average molecular weight is 270 g/mol. The molecule has 0 unspecified atom stereocenters. The summed E-state index contributed by atoms with van der Waals surface area (Å²) in [5.41, 5.74) is 2.97. The lowest BCUT2D eigenvalue weighted by molar-refractivity contribution is 0.0952. The van der Waals surface area contributed by atoms with Gasteiger partial charge in [-0.05, 0) is 29.8 Å². The molecule has 0 radical (unpaired) electrons. The van der Waals surface area contributed by atoms with E-state index in [4.69, 9.17) is 0 Å². The predicted octanol–water partition coefficient (Wildman–Crippen LogP) is 2.02. The molecule has 0 aliphatic carbocycles. The van der Waals surface area contributed by atoms with Crippen molar-refractivity contribution < 1.29 is 4.79 Å². The van der Waals surface area contributed by atoms with Gasteiger partial charge in [0.15, 0.2) is 0 Å². The average Bonchev–Trinajstić information content (AvgIpc) is 2.94. The number of rotatable bonds is 3. The van der Waals surface area contributed by atoms with Gasteiger partial charge in [0.1, 0.15) is 11.0 Å². The quantitative estimate of drug-likeness (QED) is 0.790. The van der Waals surface area contributed by atoms with Crippen LogP contribution >= 0.6 is 11.7 Å². The molecule has 1 aromatic carbocycles. The summed E-state index contributed by atoms with van der Waals surface area (Å²) in [5.74, 6) is -0.143. The number of amides is 1. The Morgan fingerprint density at radius 3 is 2.84 bits per heavy atom. The maximum absolute atomic E-state index is 12.1. The summed E-state index contributed by atoms with van der Waals surface area (Å²) in [7, 11) is 0. The van der Waals surface area contributed by atoms with Crippen molar-refractivity contribution in [2.75, 3.05) is 0 Å². The first-order chi connectivity index (χ1) is 9.34. The third-order valence-electron chi connectivity index (χ3n) is 2.73. The van der Waals surface area contributed by atoms with E-state index in [2.05, 4.69) is 19.0 Å². The Morgan fingerprint density at radius 2 is 2.00 bits per heavy atom. The molecule has 3 rings (SSSR count). The molecule has 1 amide bonds. The van der Waals surface area contributed by atoms with E-state index in [1.54, 1.807) is 18.5 Å². The fourth-order valence-corrected chi connectivity index (χ4v) is 2.32. The topological polar surface area (TPSA) is 67.8 Å². The fraction of sp³-hybridized carbons (Fsp3) is 0.0769. The third-order valence-corrected chi connectivity index (χ3v) is 3.28. The van der Waals surface area contributed by atoms with Crippen LogP contribution in [0.15, 0.2) is 42.7 Å². The monoisotopic (exact) mass is 270 g/mol. The lowest BCUT2D eigenvalue weighted by Gasteiger charge is -2.05. The highest BCUT2D eigenvalue weighted by Gasteiger charge is 2.12. The Bertz CT molecular complexity index is 711. The van der Waals surface area contributed by atoms with Crippen molar-refractivity contribution in [1.29, 1.82) is 0 Å². The minimum atomic E-state index is -0.143. The molecule has 1 N–H and O–H groups in total. The first-order valence-corrected chi connectivity index (χ1v) is 6.46. The van der Waals surface area contributed by atoms with E-state index in [1.165, 1.54) is 0 Å². The summed E-state index contributed by atoms with van der Waals surface area (Å²) < 4.78 is 8.28. The van der Waals surface area contributed by atoms with Gasteiger partial charge in [0.25, 0.3) is 5.91 Å². The van der Waals surface area contributed by atoms with Crippen molar-refractivity contribution in [3.05, 3.63) is 53.9 Å². The Kier molecular flexibility index (Phi) is 3.16. The van der Waals surface area contributed by atoms with Gasteiger partial charge < -0.3 is 5.32 Å². The van der Waals surface area contributed by atoms with Crippen LogP contribution in [-0.4, -0.2) is 19.6 Å². The zero-order valence-corrected chi connectivity index (χ0v) is 10.7. The smallest absolute Gasteiger partial charge is 0.253 e. The van der Waals surface area contributed by atoms with Crippen molar-refractivity contribution >= 4 is 28.7 Å². The van der Waals surface area contributed by atoms with Crippen LogP contribution in [-0.2, 0) is 6.54 Å². The Labute approximate surface area is 113 Å². The summed E-state index contributed by atoms with van der Waals surface area (Å²) in [6.45, 7) is 0.468. The van der Waals surface area contributed by atoms with Crippen molar-refractivity contribution in [3.8, 4) is 0 Å². The van der Waals surface area contributed by atoms with Gasteiger partial charge in [0.2, 0.25) is 0 Å². The van der Waals surface area contributed by atoms with Gasteiger partial charge in [-0.2, -0.15) is 8.75 Å². The lowest BCUT2D eigenvalue weighted by atomic mass is 10.1. The normalized spacial score (nSPS) is 10.5. The highest BCUT2D eigenvalue weighted by molar-refractivity contribution is 7.00. The summed E-state index contributed by atoms with van der Waals surface area (Å²) in [6, 6.07) is 9.14. The van der Waals surface area contributed by atoms with Crippen molar-refractivity contribution in [3.63, 3.8) is 0 Å². The minimum absolute atomic E-state index is 0.143. The molecule has 5 nitrogen and oxygen atoms in total. The number of nitrogens with one attached hydrogen (secondary N) is 1. The molecule has 2 aromatic heterocycles. The number of hydrogen-bond acceptors (Lipinski definition) is 5. The molecule has 0 fully saturated rings. The molecular formula is C13H10N4OS. The van der Waals surface area contributed by atoms with Crippen LogP contribution in [0.25, 0.3) is 11.0 Å². The minimum Gasteiger partial charge on any atom is -0.348 e. The highest BCUT2D eigenvalue weighted by atomic mass is 32.1. The maximum atomic E-state index is 12.1. The van der Waals surface area contributed by atoms with Crippen molar-refractivity contribution in [1.82, 2.24) is 19.0 Å². The largest absolute Gasteiger partial charge is 0.348 e. The van der Waals surface area contributed by atoms with Crippen LogP contribution < -0.4 is 5.32 Å². The van der Waals surface area contributed by atoms with Crippen LogP contribution in [0, 0.1) is 0 Å². The second-order valence-corrected chi connectivity index (χ2v) is 4.50. The molecule has 6 heteroatoms. The van der Waals surface area contributed by atoms with Gasteiger partial charge in [-0.15, -0.1) is 0 Å². The summed E-state index contributed by atoms with van der Waals surface area (Å²) in [6.07, 6.45) is 3.40. The zero-order chi connectivity index (χ0) is 13.1. The summed E-state index contributed by atoms with van der Waals surface area (Å²) in [4.78, 5) is 16.1. The molecule has 0 bridgehead atoms. The molecule has 94 valence electrons. The summed E-state index contributed by atoms with van der Waals surface area (Å²) in [5, 5.41) is 2.87. The molecule has 0 spiro atoms. The number of aromatic nitrogens is 3. The van der Waals surface area contributed by atoms with Crippen LogP contribution in [0.3, 0.4) is 0 Å². The second kappa shape index (κ2) is 5.11. The van der Waals surface area contributed by atoms with Gasteiger partial charge in [-0.3, -0.25) is 9.78 Å². The predicted molar refractivity (Wildman–Crippen MR) is 72.8 cm³/mol. The van der Waals surface area contributed by atoms with Gasteiger partial charge in [0, 0.05) is 18.9 Å². The molecule has 2 heterocycles. The number of nitrogens with zero attached hydrogens (tertiary/aromatic N) is 3. The molecule has 0 saturated carbocycles. The van der Waals surface area contributed by atoms with E-state index in [9.17, 15) is 4.79 Å². The van der Waals surface area contributed by atoms with Crippen LogP contribution in [0.1, 0.15) is 15.9 Å². The van der Waals surface area contributed by atoms with E-state index >= 15 is 0 Å². The van der Waals surface area contributed by atoms with Gasteiger partial charge in [-0.25, -0.2) is 0 Å². The van der Waals surface area contributed by atoms with Crippen molar-refractivity contribution in [2.24, 2.45) is 0 Å². The third kappa shape index (κ3) is 2.43. The first-order valence-electron chi connectivity index (χ1n) is 5.73. The molecule has 19 heavy (non-hydrogen) atoms. The number of fused-ring (bicyclic) bond motifs is 1. The van der Waals surface area contributed by atoms with Gasteiger partial charge >= 0.3 is 0 Å². The van der Waals surface area contributed by atoms with Gasteiger partial charge in [-0.1, -0.05) is 6.07 Å². The molecule has 3 aromatic rings. The van der Waals surface area contributed by atoms with E-state index in [1.807, 2.05) is 24.3 Å². The van der Waals surface area contributed by atoms with Crippen LogP contribution in [0.5, 0.6) is 0 Å². The van der Waals surface area contributed by atoms with Crippen LogP contribution in [0.4, 0.5) is 0 Å². The molecule has 0 atom stereocenters. The number of pyridine rings is 1. The SMILES string of the molecule is O=C(NCc1ccncc1)c1cccc2nsnc12. The maximum Gasteiger partial charge on any atom is 0.253 e. The molecule has 0 aliphatic heterocycles. The standard InChI is InChI=1S/C13H10N4OS/c18-13(15-8-9-4-6-14-7-5-9)10-2-1-3-11-12(10)17-19-16-11/h1-7H,8H2,(H,15,18). The molecular weight excluding hydrogens is 260 g/mol. The van der Waals surface area contributed by atoms with E-state index < -0.39 is 0 Å². The number of hydrogen-bond donors (Lipinski definition) is 1. The van der Waals surface area contributed by atoms with Gasteiger partial charge in [0.05, 0.1) is 17.3 Å². The Morgan fingerprint density at radius 1 is 1.16 bits per heavy atom. The highest BCUT2D eigenvalue weighted by Crippen LogP contribution is 2.16.